The van der Waals surface area contributed by atoms with E-state index in [-0.39, 0.29) is 5.69 Å². The number of nitrogens with zero attached hydrogens (tertiary/aromatic N) is 3. The molecule has 3 rings (SSSR count). The number of allylic oxidation sites excluding steroid dienone is 1. The molecule has 7 heteroatoms. The zero-order valence-corrected chi connectivity index (χ0v) is 13.3. The zero-order valence-electron chi connectivity index (χ0n) is 11.7. The normalized spacial score (nSPS) is 11.3. The fourth-order valence-corrected chi connectivity index (χ4v) is 3.96. The van der Waals surface area contributed by atoms with Gasteiger partial charge in [0.15, 0.2) is 4.34 Å². The molecule has 1 heterocycles. The second-order valence-electron chi connectivity index (χ2n) is 4.49. The molecule has 3 aromatic rings. The number of thiazole rings is 1. The molecule has 0 atom stereocenters. The largest absolute Gasteiger partial charge is 0.276 e. The van der Waals surface area contributed by atoms with E-state index in [0.29, 0.717) is 10.5 Å². The number of benzene rings is 2. The van der Waals surface area contributed by atoms with Crippen LogP contribution in [0.3, 0.4) is 0 Å². The van der Waals surface area contributed by atoms with E-state index in [1.54, 1.807) is 18.2 Å². The lowest BCUT2D eigenvalue weighted by molar-refractivity contribution is -0.385. The van der Waals surface area contributed by atoms with Crippen LogP contribution >= 0.6 is 23.1 Å². The van der Waals surface area contributed by atoms with E-state index in [1.807, 2.05) is 24.3 Å². The Balaban J connectivity index is 1.94. The van der Waals surface area contributed by atoms with Gasteiger partial charge in [0.05, 0.1) is 25.6 Å². The van der Waals surface area contributed by atoms with Crippen LogP contribution in [0.1, 0.15) is 5.56 Å². The number of rotatable bonds is 4. The molecule has 0 amide bonds. The van der Waals surface area contributed by atoms with Crippen molar-refractivity contribution in [1.82, 2.24) is 4.98 Å². The highest BCUT2D eigenvalue weighted by Gasteiger charge is 2.13. The summed E-state index contributed by atoms with van der Waals surface area (Å²) in [6.45, 7) is 0. The molecule has 0 bridgehead atoms. The van der Waals surface area contributed by atoms with Crippen LogP contribution in [0.4, 0.5) is 5.69 Å². The molecular formula is C16H9N3O2S2. The summed E-state index contributed by atoms with van der Waals surface area (Å²) in [5.41, 5.74) is 1.26. The molecule has 112 valence electrons. The quantitative estimate of drug-likeness (QED) is 0.293. The zero-order chi connectivity index (χ0) is 16.2. The summed E-state index contributed by atoms with van der Waals surface area (Å²) in [6, 6.07) is 16.1. The van der Waals surface area contributed by atoms with E-state index in [2.05, 4.69) is 11.1 Å². The molecule has 0 radical (unpaired) electrons. The number of nitriles is 1. The van der Waals surface area contributed by atoms with E-state index >= 15 is 0 Å². The van der Waals surface area contributed by atoms with E-state index in [4.69, 9.17) is 0 Å². The van der Waals surface area contributed by atoms with E-state index in [0.717, 1.165) is 14.6 Å². The van der Waals surface area contributed by atoms with Gasteiger partial charge in [-0.2, -0.15) is 5.26 Å². The molecule has 0 N–H and O–H groups in total. The topological polar surface area (TPSA) is 79.8 Å². The minimum Gasteiger partial charge on any atom is -0.258 e. The fourth-order valence-electron chi connectivity index (χ4n) is 1.99. The Morgan fingerprint density at radius 1 is 1.26 bits per heavy atom. The molecule has 0 aliphatic rings. The van der Waals surface area contributed by atoms with Crippen molar-refractivity contribution in [2.75, 3.05) is 0 Å². The third-order valence-corrected chi connectivity index (χ3v) is 5.03. The number of thioether (sulfide) groups is 1. The fraction of sp³-hybridized carbons (Fsp3) is 0. The van der Waals surface area contributed by atoms with Gasteiger partial charge in [-0.05, 0) is 36.0 Å². The van der Waals surface area contributed by atoms with Crippen molar-refractivity contribution >= 4 is 45.1 Å². The van der Waals surface area contributed by atoms with E-state index < -0.39 is 4.92 Å². The molecule has 2 aromatic carbocycles. The van der Waals surface area contributed by atoms with Gasteiger partial charge in [0.2, 0.25) is 0 Å². The minimum atomic E-state index is -0.455. The number of aromatic nitrogens is 1. The van der Waals surface area contributed by atoms with Crippen molar-refractivity contribution in [2.24, 2.45) is 0 Å². The summed E-state index contributed by atoms with van der Waals surface area (Å²) in [5.74, 6) is 0. The summed E-state index contributed by atoms with van der Waals surface area (Å²) in [4.78, 5) is 15.4. The van der Waals surface area contributed by atoms with Gasteiger partial charge in [0.25, 0.3) is 5.69 Å². The summed E-state index contributed by atoms with van der Waals surface area (Å²) >= 11 is 2.70. The summed E-state index contributed by atoms with van der Waals surface area (Å²) < 4.78 is 1.77. The third-order valence-electron chi connectivity index (χ3n) is 3.00. The number of para-hydroxylation sites is 2. The molecule has 0 spiro atoms. The standard InChI is InChI=1S/C16H9N3O2S2/c17-10-12(9-11-5-1-3-7-14(11)19(20)21)22-16-18-13-6-2-4-8-15(13)23-16/h1-9H/b12-9-. The number of nitro groups is 1. The smallest absolute Gasteiger partial charge is 0.258 e. The second-order valence-corrected chi connectivity index (χ2v) is 6.81. The van der Waals surface area contributed by atoms with Crippen LogP contribution in [-0.2, 0) is 0 Å². The van der Waals surface area contributed by atoms with Crippen LogP contribution in [0.15, 0.2) is 57.8 Å². The molecule has 0 aliphatic heterocycles. The number of nitro benzene ring substituents is 1. The Morgan fingerprint density at radius 2 is 2.00 bits per heavy atom. The first-order chi connectivity index (χ1) is 11.2. The van der Waals surface area contributed by atoms with Crippen molar-refractivity contribution in [3.8, 4) is 6.07 Å². The van der Waals surface area contributed by atoms with Gasteiger partial charge in [-0.25, -0.2) is 4.98 Å². The molecule has 0 aliphatic carbocycles. The third kappa shape index (κ3) is 3.39. The first-order valence-electron chi connectivity index (χ1n) is 6.56. The Labute approximate surface area is 140 Å². The number of hydrogen-bond acceptors (Lipinski definition) is 6. The number of fused-ring (bicyclic) bond motifs is 1. The van der Waals surface area contributed by atoms with Crippen LogP contribution < -0.4 is 0 Å². The van der Waals surface area contributed by atoms with Gasteiger partial charge >= 0.3 is 0 Å². The predicted molar refractivity (Wildman–Crippen MR) is 92.2 cm³/mol. The van der Waals surface area contributed by atoms with Crippen LogP contribution in [0.25, 0.3) is 16.3 Å². The Bertz CT molecular complexity index is 924. The monoisotopic (exact) mass is 339 g/mol. The lowest BCUT2D eigenvalue weighted by Crippen LogP contribution is -1.90. The Hall–Kier alpha value is -2.69. The van der Waals surface area contributed by atoms with Gasteiger partial charge in [-0.15, -0.1) is 11.3 Å². The lowest BCUT2D eigenvalue weighted by atomic mass is 10.1. The maximum atomic E-state index is 11.0. The summed E-state index contributed by atoms with van der Waals surface area (Å²) in [7, 11) is 0. The maximum Gasteiger partial charge on any atom is 0.276 e. The Morgan fingerprint density at radius 3 is 2.74 bits per heavy atom. The predicted octanol–water partition coefficient (Wildman–Crippen LogP) is 4.86. The van der Waals surface area contributed by atoms with E-state index in [1.165, 1.54) is 35.2 Å². The summed E-state index contributed by atoms with van der Waals surface area (Å²) in [6.07, 6.45) is 1.52. The van der Waals surface area contributed by atoms with Crippen LogP contribution in [0.5, 0.6) is 0 Å². The van der Waals surface area contributed by atoms with Crippen molar-refractivity contribution in [3.63, 3.8) is 0 Å². The summed E-state index contributed by atoms with van der Waals surface area (Å²) in [5, 5.41) is 20.4. The van der Waals surface area contributed by atoms with E-state index in [9.17, 15) is 15.4 Å². The molecule has 1 aromatic heterocycles. The highest BCUT2D eigenvalue weighted by molar-refractivity contribution is 8.05. The van der Waals surface area contributed by atoms with Gasteiger partial charge in [0.1, 0.15) is 6.07 Å². The second kappa shape index (κ2) is 6.60. The first kappa shape index (κ1) is 15.2. The van der Waals surface area contributed by atoms with Crippen molar-refractivity contribution in [1.29, 1.82) is 5.26 Å². The van der Waals surface area contributed by atoms with Crippen LogP contribution in [-0.4, -0.2) is 9.91 Å². The first-order valence-corrected chi connectivity index (χ1v) is 8.19. The molecule has 0 saturated heterocycles. The highest BCUT2D eigenvalue weighted by atomic mass is 32.2. The van der Waals surface area contributed by atoms with Crippen molar-refractivity contribution in [2.45, 2.75) is 4.34 Å². The molecular weight excluding hydrogens is 330 g/mol. The maximum absolute atomic E-state index is 11.0. The van der Waals surface area contributed by atoms with Gasteiger partial charge in [-0.1, -0.05) is 24.3 Å². The molecule has 23 heavy (non-hydrogen) atoms. The molecule has 0 saturated carbocycles. The van der Waals surface area contributed by atoms with Gasteiger partial charge < -0.3 is 0 Å². The lowest BCUT2D eigenvalue weighted by Gasteiger charge is -1.98. The van der Waals surface area contributed by atoms with Gasteiger partial charge in [-0.3, -0.25) is 10.1 Å². The van der Waals surface area contributed by atoms with Crippen molar-refractivity contribution in [3.05, 3.63) is 69.1 Å². The number of hydrogen-bond donors (Lipinski definition) is 0. The average Bonchev–Trinajstić information content (AvgIpc) is 2.96. The minimum absolute atomic E-state index is 0.0230. The van der Waals surface area contributed by atoms with Gasteiger partial charge in [0, 0.05) is 6.07 Å². The molecule has 0 fully saturated rings. The highest BCUT2D eigenvalue weighted by Crippen LogP contribution is 2.35. The SMILES string of the molecule is N#C/C(=C/c1ccccc1[N+](=O)[O-])Sc1nc2ccccc2s1. The van der Waals surface area contributed by atoms with Crippen LogP contribution in [0.2, 0.25) is 0 Å². The molecule has 5 nitrogen and oxygen atoms in total. The van der Waals surface area contributed by atoms with Crippen molar-refractivity contribution < 1.29 is 4.92 Å². The Kier molecular flexibility index (Phi) is 4.37. The average molecular weight is 339 g/mol. The molecule has 0 unspecified atom stereocenters. The van der Waals surface area contributed by atoms with Crippen LogP contribution in [0, 0.1) is 21.4 Å².